The lowest BCUT2D eigenvalue weighted by Gasteiger charge is -2.17. The minimum Gasteiger partial charge on any atom is -0.497 e. The number of hydrogen-bond donors (Lipinski definition) is 0. The molecule has 5 nitrogen and oxygen atoms in total. The van der Waals surface area contributed by atoms with E-state index < -0.39 is 0 Å². The summed E-state index contributed by atoms with van der Waals surface area (Å²) in [7, 11) is 1.65. The highest BCUT2D eigenvalue weighted by molar-refractivity contribution is 5.85. The number of ether oxygens (including phenoxy) is 2. The highest BCUT2D eigenvalue weighted by Crippen LogP contribution is 2.31. The van der Waals surface area contributed by atoms with Gasteiger partial charge in [-0.3, -0.25) is 9.36 Å². The molecule has 0 aliphatic carbocycles. The Hall–Kier alpha value is -3.86. The van der Waals surface area contributed by atoms with Gasteiger partial charge >= 0.3 is 0 Å². The van der Waals surface area contributed by atoms with Gasteiger partial charge in [0.1, 0.15) is 18.1 Å². The van der Waals surface area contributed by atoms with Crippen LogP contribution in [-0.4, -0.2) is 16.7 Å². The van der Waals surface area contributed by atoms with E-state index in [0.29, 0.717) is 30.0 Å². The SMILES string of the molecule is COc1ccc2c(c1)COc1c(c(=O)n(-c3ccccc3)c3ncccc13)C/C=C\2. The van der Waals surface area contributed by atoms with E-state index >= 15 is 0 Å². The Morgan fingerprint density at radius 1 is 1.07 bits per heavy atom. The summed E-state index contributed by atoms with van der Waals surface area (Å²) in [6.07, 6.45) is 6.21. The first-order valence-corrected chi connectivity index (χ1v) is 9.80. The average Bonchev–Trinajstić information content (AvgIpc) is 2.88. The molecule has 30 heavy (non-hydrogen) atoms. The van der Waals surface area contributed by atoms with E-state index in [9.17, 15) is 4.79 Å². The number of aromatic nitrogens is 2. The van der Waals surface area contributed by atoms with Gasteiger partial charge in [-0.15, -0.1) is 0 Å². The van der Waals surface area contributed by atoms with Crippen LogP contribution >= 0.6 is 0 Å². The number of benzene rings is 2. The summed E-state index contributed by atoms with van der Waals surface area (Å²) in [6, 6.07) is 19.3. The van der Waals surface area contributed by atoms with Crippen LogP contribution in [0.25, 0.3) is 22.8 Å². The highest BCUT2D eigenvalue weighted by Gasteiger charge is 2.20. The monoisotopic (exact) mass is 396 g/mol. The third-order valence-corrected chi connectivity index (χ3v) is 5.33. The van der Waals surface area contributed by atoms with Crippen LogP contribution in [0.5, 0.6) is 11.5 Å². The summed E-state index contributed by atoms with van der Waals surface area (Å²) in [5, 5.41) is 0.815. The lowest BCUT2D eigenvalue weighted by atomic mass is 10.1. The first-order chi connectivity index (χ1) is 14.8. The fraction of sp³-hybridized carbons (Fsp3) is 0.120. The van der Waals surface area contributed by atoms with Gasteiger partial charge in [-0.05, 0) is 48.4 Å². The summed E-state index contributed by atoms with van der Waals surface area (Å²) in [5.41, 5.74) is 3.93. The zero-order chi connectivity index (χ0) is 20.5. The Morgan fingerprint density at radius 2 is 1.93 bits per heavy atom. The minimum atomic E-state index is -0.115. The molecule has 0 unspecified atom stereocenters. The number of methoxy groups -OCH3 is 1. The number of fused-ring (bicyclic) bond motifs is 4. The Bertz CT molecular complexity index is 1320. The summed E-state index contributed by atoms with van der Waals surface area (Å²) < 4.78 is 13.3. The van der Waals surface area contributed by atoms with Crippen LogP contribution in [0.15, 0.2) is 77.7 Å². The fourth-order valence-corrected chi connectivity index (χ4v) is 3.86. The summed E-state index contributed by atoms with van der Waals surface area (Å²) >= 11 is 0. The van der Waals surface area contributed by atoms with Crippen LogP contribution in [0.1, 0.15) is 16.7 Å². The van der Waals surface area contributed by atoms with Gasteiger partial charge in [0.05, 0.1) is 23.7 Å². The molecule has 5 heteroatoms. The molecule has 1 aliphatic rings. The molecule has 4 aromatic rings. The number of nitrogens with zero attached hydrogens (tertiary/aromatic N) is 2. The Morgan fingerprint density at radius 3 is 2.77 bits per heavy atom. The van der Waals surface area contributed by atoms with E-state index in [1.165, 1.54) is 0 Å². The molecule has 2 aromatic heterocycles. The van der Waals surface area contributed by atoms with Gasteiger partial charge in [0, 0.05) is 11.8 Å². The second-order valence-corrected chi connectivity index (χ2v) is 7.12. The molecule has 148 valence electrons. The highest BCUT2D eigenvalue weighted by atomic mass is 16.5. The van der Waals surface area contributed by atoms with Crippen molar-refractivity contribution >= 4 is 17.1 Å². The van der Waals surface area contributed by atoms with Crippen molar-refractivity contribution in [3.63, 3.8) is 0 Å². The van der Waals surface area contributed by atoms with Crippen molar-refractivity contribution in [3.05, 3.63) is 100.0 Å². The summed E-state index contributed by atoms with van der Waals surface area (Å²) in [6.45, 7) is 0.336. The zero-order valence-corrected chi connectivity index (χ0v) is 16.5. The van der Waals surface area contributed by atoms with Crippen LogP contribution in [-0.2, 0) is 13.0 Å². The first-order valence-electron chi connectivity index (χ1n) is 9.80. The largest absolute Gasteiger partial charge is 0.497 e. The molecule has 1 aliphatic heterocycles. The molecule has 0 bridgehead atoms. The summed E-state index contributed by atoms with van der Waals surface area (Å²) in [4.78, 5) is 18.1. The van der Waals surface area contributed by atoms with Gasteiger partial charge < -0.3 is 9.47 Å². The van der Waals surface area contributed by atoms with Crippen LogP contribution in [0, 0.1) is 0 Å². The van der Waals surface area contributed by atoms with Crippen molar-refractivity contribution in [1.29, 1.82) is 0 Å². The molecule has 0 spiro atoms. The van der Waals surface area contributed by atoms with Gasteiger partial charge in [0.25, 0.3) is 5.56 Å². The number of rotatable bonds is 2. The van der Waals surface area contributed by atoms with Gasteiger partial charge in [0.15, 0.2) is 5.65 Å². The summed E-state index contributed by atoms with van der Waals surface area (Å²) in [5.74, 6) is 1.37. The maximum atomic E-state index is 13.6. The quantitative estimate of drug-likeness (QED) is 0.499. The maximum Gasteiger partial charge on any atom is 0.264 e. The van der Waals surface area contributed by atoms with Crippen molar-refractivity contribution in [3.8, 4) is 17.2 Å². The fourth-order valence-electron chi connectivity index (χ4n) is 3.86. The van der Waals surface area contributed by atoms with E-state index in [2.05, 4.69) is 4.98 Å². The van der Waals surface area contributed by atoms with Crippen molar-refractivity contribution in [2.75, 3.05) is 7.11 Å². The standard InChI is InChI=1S/C25H20N2O3/c1-29-20-13-12-17-7-5-10-22-23(30-16-18(17)15-20)21-11-6-14-26-24(21)27(25(22)28)19-8-3-2-4-9-19/h2-9,11-15H,10,16H2,1H3/b7-5-. The molecular formula is C25H20N2O3. The molecule has 0 radical (unpaired) electrons. The van der Waals surface area contributed by atoms with E-state index in [1.807, 2.05) is 72.8 Å². The molecule has 0 N–H and O–H groups in total. The third-order valence-electron chi connectivity index (χ3n) is 5.33. The maximum absolute atomic E-state index is 13.6. The average molecular weight is 396 g/mol. The van der Waals surface area contributed by atoms with Crippen molar-refractivity contribution in [2.45, 2.75) is 13.0 Å². The topological polar surface area (TPSA) is 53.4 Å². The molecule has 0 saturated carbocycles. The number of pyridine rings is 2. The normalized spacial score (nSPS) is 13.9. The van der Waals surface area contributed by atoms with E-state index in [4.69, 9.17) is 9.47 Å². The van der Waals surface area contributed by atoms with Crippen LogP contribution < -0.4 is 15.0 Å². The van der Waals surface area contributed by atoms with E-state index in [1.54, 1.807) is 17.9 Å². The van der Waals surface area contributed by atoms with Crippen molar-refractivity contribution in [2.24, 2.45) is 0 Å². The van der Waals surface area contributed by atoms with E-state index in [-0.39, 0.29) is 5.56 Å². The Kier molecular flexibility index (Phi) is 4.56. The Balaban J connectivity index is 1.74. The smallest absolute Gasteiger partial charge is 0.264 e. The molecular weight excluding hydrogens is 376 g/mol. The van der Waals surface area contributed by atoms with Crippen molar-refractivity contribution < 1.29 is 9.47 Å². The molecule has 5 rings (SSSR count). The number of allylic oxidation sites excluding steroid dienone is 1. The first kappa shape index (κ1) is 18.2. The third kappa shape index (κ3) is 3.05. The second kappa shape index (κ2) is 7.52. The second-order valence-electron chi connectivity index (χ2n) is 7.12. The molecule has 0 saturated heterocycles. The molecule has 0 atom stereocenters. The van der Waals surface area contributed by atoms with Crippen LogP contribution in [0.4, 0.5) is 0 Å². The zero-order valence-electron chi connectivity index (χ0n) is 16.5. The molecule has 3 heterocycles. The Labute approximate surface area is 173 Å². The number of hydrogen-bond acceptors (Lipinski definition) is 4. The van der Waals surface area contributed by atoms with Crippen molar-refractivity contribution in [1.82, 2.24) is 9.55 Å². The molecule has 0 amide bonds. The number of para-hydroxylation sites is 1. The van der Waals surface area contributed by atoms with E-state index in [0.717, 1.165) is 28.0 Å². The lowest BCUT2D eigenvalue weighted by Crippen LogP contribution is -2.24. The molecule has 2 aromatic carbocycles. The lowest BCUT2D eigenvalue weighted by molar-refractivity contribution is 0.305. The predicted octanol–water partition coefficient (Wildman–Crippen LogP) is 4.54. The van der Waals surface area contributed by atoms with Gasteiger partial charge in [-0.2, -0.15) is 0 Å². The van der Waals surface area contributed by atoms with Gasteiger partial charge in [-0.25, -0.2) is 4.98 Å². The van der Waals surface area contributed by atoms with Gasteiger partial charge in [0.2, 0.25) is 0 Å². The predicted molar refractivity (Wildman–Crippen MR) is 117 cm³/mol. The van der Waals surface area contributed by atoms with Gasteiger partial charge in [-0.1, -0.05) is 36.4 Å². The minimum absolute atomic E-state index is 0.115. The van der Waals surface area contributed by atoms with Crippen LogP contribution in [0.3, 0.4) is 0 Å². The van der Waals surface area contributed by atoms with Crippen LogP contribution in [0.2, 0.25) is 0 Å². The molecule has 0 fully saturated rings.